The van der Waals surface area contributed by atoms with Crippen LogP contribution in [0, 0.1) is 0 Å². The summed E-state index contributed by atoms with van der Waals surface area (Å²) in [5.41, 5.74) is 1.19. The third-order valence-electron chi connectivity index (χ3n) is 3.09. The van der Waals surface area contributed by atoms with Gasteiger partial charge in [0.2, 0.25) is 0 Å². The first-order valence-electron chi connectivity index (χ1n) is 6.45. The van der Waals surface area contributed by atoms with Crippen LogP contribution in [0.15, 0.2) is 68.6 Å². The highest BCUT2D eigenvalue weighted by atomic mass is 79.9. The van der Waals surface area contributed by atoms with Crippen molar-refractivity contribution in [1.82, 2.24) is 0 Å². The van der Waals surface area contributed by atoms with Crippen molar-refractivity contribution in [2.45, 2.75) is 0 Å². The average molecular weight is 359 g/mol. The number of rotatable bonds is 2. The van der Waals surface area contributed by atoms with E-state index in [9.17, 15) is 4.79 Å². The maximum Gasteiger partial charge on any atom is 0.268 e. The van der Waals surface area contributed by atoms with E-state index in [2.05, 4.69) is 26.4 Å². The molecule has 110 valence electrons. The third kappa shape index (κ3) is 2.87. The maximum absolute atomic E-state index is 12.4. The van der Waals surface area contributed by atoms with Gasteiger partial charge in [0.15, 0.2) is 0 Å². The first-order chi connectivity index (χ1) is 10.7. The summed E-state index contributed by atoms with van der Waals surface area (Å²) in [5, 5.41) is 15.6. The molecule has 3 rings (SSSR count). The molecule has 2 N–H and O–H groups in total. The van der Waals surface area contributed by atoms with Gasteiger partial charge >= 0.3 is 0 Å². The molecule has 1 aromatic heterocycles. The quantitative estimate of drug-likeness (QED) is 0.541. The molecule has 0 fully saturated rings. The standard InChI is InChI=1S/C16H11BrN2O3/c17-11-5-7-12(8-6-11)18-15(20)13-9-10-3-1-2-4-14(10)22-16(13)19-21/h1-9,21H,(H,18,20)/b19-16-. The Hall–Kier alpha value is -2.60. The van der Waals surface area contributed by atoms with Gasteiger partial charge in [0, 0.05) is 15.5 Å². The Kier molecular flexibility index (Phi) is 3.93. The van der Waals surface area contributed by atoms with Gasteiger partial charge in [-0.25, -0.2) is 0 Å². The van der Waals surface area contributed by atoms with E-state index in [1.54, 1.807) is 30.3 Å². The summed E-state index contributed by atoms with van der Waals surface area (Å²) in [4.78, 5) is 12.4. The zero-order valence-electron chi connectivity index (χ0n) is 11.3. The van der Waals surface area contributed by atoms with Crippen LogP contribution in [0.5, 0.6) is 0 Å². The van der Waals surface area contributed by atoms with Gasteiger partial charge in [-0.3, -0.25) is 4.79 Å². The number of halogens is 1. The number of nitrogens with zero attached hydrogens (tertiary/aromatic N) is 1. The fourth-order valence-electron chi connectivity index (χ4n) is 2.04. The summed E-state index contributed by atoms with van der Waals surface area (Å²) in [6.07, 6.45) is 0. The van der Waals surface area contributed by atoms with Gasteiger partial charge in [-0.15, -0.1) is 0 Å². The molecule has 0 aliphatic heterocycles. The summed E-state index contributed by atoms with van der Waals surface area (Å²) in [6.45, 7) is 0. The van der Waals surface area contributed by atoms with Crippen LogP contribution in [0.2, 0.25) is 0 Å². The molecule has 1 amide bonds. The monoisotopic (exact) mass is 358 g/mol. The van der Waals surface area contributed by atoms with Crippen LogP contribution < -0.4 is 10.9 Å². The minimum atomic E-state index is -0.412. The van der Waals surface area contributed by atoms with Gasteiger partial charge < -0.3 is 14.9 Å². The van der Waals surface area contributed by atoms with E-state index in [1.807, 2.05) is 24.3 Å². The van der Waals surface area contributed by atoms with Crippen molar-refractivity contribution in [3.63, 3.8) is 0 Å². The summed E-state index contributed by atoms with van der Waals surface area (Å²) < 4.78 is 6.35. The van der Waals surface area contributed by atoms with Gasteiger partial charge in [0.25, 0.3) is 11.5 Å². The van der Waals surface area contributed by atoms with E-state index < -0.39 is 5.91 Å². The highest BCUT2D eigenvalue weighted by Gasteiger charge is 2.13. The zero-order chi connectivity index (χ0) is 15.5. The lowest BCUT2D eigenvalue weighted by atomic mass is 10.1. The molecule has 0 aliphatic rings. The number of hydrogen-bond acceptors (Lipinski definition) is 4. The molecule has 0 saturated carbocycles. The number of amides is 1. The van der Waals surface area contributed by atoms with Crippen LogP contribution in [0.4, 0.5) is 5.69 Å². The molecule has 3 aromatic rings. The van der Waals surface area contributed by atoms with Crippen LogP contribution in [-0.4, -0.2) is 11.1 Å². The normalized spacial score (nSPS) is 11.6. The highest BCUT2D eigenvalue weighted by molar-refractivity contribution is 9.10. The Bertz CT molecular complexity index is 901. The highest BCUT2D eigenvalue weighted by Crippen LogP contribution is 2.16. The third-order valence-corrected chi connectivity index (χ3v) is 3.62. The number of para-hydroxylation sites is 1. The van der Waals surface area contributed by atoms with Crippen LogP contribution in [0.25, 0.3) is 11.0 Å². The van der Waals surface area contributed by atoms with Crippen molar-refractivity contribution >= 4 is 38.5 Å². The van der Waals surface area contributed by atoms with E-state index >= 15 is 0 Å². The maximum atomic E-state index is 12.4. The Labute approximate surface area is 134 Å². The Morgan fingerprint density at radius 1 is 1.14 bits per heavy atom. The van der Waals surface area contributed by atoms with E-state index in [4.69, 9.17) is 9.62 Å². The molecule has 0 bridgehead atoms. The van der Waals surface area contributed by atoms with E-state index in [1.165, 1.54) is 0 Å². The van der Waals surface area contributed by atoms with Gasteiger partial charge in [-0.2, -0.15) is 0 Å². The summed E-state index contributed by atoms with van der Waals surface area (Å²) in [5.74, 6) is -0.412. The second-order valence-corrected chi connectivity index (χ2v) is 5.48. The molecule has 0 aliphatic carbocycles. The van der Waals surface area contributed by atoms with Crippen molar-refractivity contribution in [2.75, 3.05) is 5.32 Å². The molecule has 2 aromatic carbocycles. The molecule has 0 spiro atoms. The van der Waals surface area contributed by atoms with Gasteiger partial charge in [0.1, 0.15) is 11.1 Å². The molecule has 1 heterocycles. The predicted octanol–water partition coefficient (Wildman–Crippen LogP) is 3.74. The molecule has 6 heteroatoms. The molecule has 0 radical (unpaired) electrons. The number of carbonyl (C=O) groups is 1. The van der Waals surface area contributed by atoms with Crippen molar-refractivity contribution < 1.29 is 14.4 Å². The minimum absolute atomic E-state index is 0.131. The summed E-state index contributed by atoms with van der Waals surface area (Å²) in [6, 6.07) is 16.0. The molecular weight excluding hydrogens is 348 g/mol. The number of hydrogen-bond donors (Lipinski definition) is 2. The van der Waals surface area contributed by atoms with Crippen molar-refractivity contribution in [2.24, 2.45) is 5.16 Å². The number of fused-ring (bicyclic) bond motifs is 1. The molecular formula is C16H11BrN2O3. The molecule has 0 saturated heterocycles. The first kappa shape index (κ1) is 14.3. The largest absolute Gasteiger partial charge is 0.435 e. The lowest BCUT2D eigenvalue weighted by Crippen LogP contribution is -2.21. The van der Waals surface area contributed by atoms with E-state index in [-0.39, 0.29) is 11.1 Å². The zero-order valence-corrected chi connectivity index (χ0v) is 12.9. The molecule has 0 atom stereocenters. The Morgan fingerprint density at radius 2 is 1.86 bits per heavy atom. The Morgan fingerprint density at radius 3 is 2.59 bits per heavy atom. The topological polar surface area (TPSA) is 74.8 Å². The van der Waals surface area contributed by atoms with Crippen LogP contribution >= 0.6 is 15.9 Å². The minimum Gasteiger partial charge on any atom is -0.435 e. The lowest BCUT2D eigenvalue weighted by Gasteiger charge is -2.06. The van der Waals surface area contributed by atoms with Crippen LogP contribution in [0.3, 0.4) is 0 Å². The van der Waals surface area contributed by atoms with Gasteiger partial charge in [-0.1, -0.05) is 34.1 Å². The second kappa shape index (κ2) is 6.03. The van der Waals surface area contributed by atoms with Crippen molar-refractivity contribution in [1.29, 1.82) is 0 Å². The molecule has 5 nitrogen and oxygen atoms in total. The predicted molar refractivity (Wildman–Crippen MR) is 85.7 cm³/mol. The number of anilines is 1. The van der Waals surface area contributed by atoms with E-state index in [0.29, 0.717) is 11.3 Å². The summed E-state index contributed by atoms with van der Waals surface area (Å²) in [7, 11) is 0. The first-order valence-corrected chi connectivity index (χ1v) is 7.24. The van der Waals surface area contributed by atoms with Crippen LogP contribution in [0.1, 0.15) is 10.4 Å². The Balaban J connectivity index is 2.01. The van der Waals surface area contributed by atoms with Gasteiger partial charge in [-0.05, 0) is 41.6 Å². The van der Waals surface area contributed by atoms with E-state index in [0.717, 1.165) is 9.86 Å². The number of nitrogens with one attached hydrogen (secondary N) is 1. The average Bonchev–Trinajstić information content (AvgIpc) is 2.55. The molecule has 22 heavy (non-hydrogen) atoms. The van der Waals surface area contributed by atoms with Crippen molar-refractivity contribution in [3.05, 3.63) is 70.2 Å². The smallest absolute Gasteiger partial charge is 0.268 e. The summed E-state index contributed by atoms with van der Waals surface area (Å²) >= 11 is 3.33. The SMILES string of the molecule is O=C(Nc1ccc(Br)cc1)c1cc2ccccc2o/c1=N\O. The van der Waals surface area contributed by atoms with Crippen molar-refractivity contribution in [3.8, 4) is 0 Å². The lowest BCUT2D eigenvalue weighted by molar-refractivity contribution is 0.102. The number of benzene rings is 2. The fraction of sp³-hybridized carbons (Fsp3) is 0. The fourth-order valence-corrected chi connectivity index (χ4v) is 2.30. The molecule has 0 unspecified atom stereocenters. The van der Waals surface area contributed by atoms with Crippen LogP contribution in [-0.2, 0) is 0 Å². The second-order valence-electron chi connectivity index (χ2n) is 4.56. The van der Waals surface area contributed by atoms with Gasteiger partial charge in [0.05, 0.1) is 0 Å². The number of carbonyl (C=O) groups excluding carboxylic acids is 1.